The molecule has 1 heterocycles. The van der Waals surface area contributed by atoms with Gasteiger partial charge in [0.1, 0.15) is 6.79 Å². The zero-order chi connectivity index (χ0) is 7.68. The Morgan fingerprint density at radius 2 is 2.27 bits per heavy atom. The minimum absolute atomic E-state index is 0.286. The fourth-order valence-electron chi connectivity index (χ4n) is 2.11. The molecule has 1 saturated heterocycles. The summed E-state index contributed by atoms with van der Waals surface area (Å²) in [5, 5.41) is 8.99. The van der Waals surface area contributed by atoms with E-state index in [2.05, 4.69) is 0 Å². The second-order valence-electron chi connectivity index (χ2n) is 3.38. The van der Waals surface area contributed by atoms with E-state index in [4.69, 9.17) is 14.6 Å². The molecule has 2 fully saturated rings. The van der Waals surface area contributed by atoms with E-state index >= 15 is 0 Å². The van der Waals surface area contributed by atoms with Crippen LogP contribution in [0.25, 0.3) is 0 Å². The van der Waals surface area contributed by atoms with Crippen LogP contribution in [0.2, 0.25) is 0 Å². The van der Waals surface area contributed by atoms with Gasteiger partial charge in [-0.25, -0.2) is 0 Å². The van der Waals surface area contributed by atoms with Crippen LogP contribution in [0.15, 0.2) is 0 Å². The summed E-state index contributed by atoms with van der Waals surface area (Å²) < 4.78 is 10.6. The van der Waals surface area contributed by atoms with Gasteiger partial charge in [-0.3, -0.25) is 0 Å². The molecule has 0 aromatic heterocycles. The topological polar surface area (TPSA) is 38.7 Å². The molecular formula is C8H14O3. The molecule has 3 heteroatoms. The summed E-state index contributed by atoms with van der Waals surface area (Å²) in [5.41, 5.74) is 0. The average molecular weight is 158 g/mol. The standard InChI is InChI=1S/C8H14O3/c9-3-6-1-2-8-7(6)4-10-5-11-8/h6-9H,1-5H2. The number of hydrogen-bond donors (Lipinski definition) is 1. The number of rotatable bonds is 1. The first-order valence-corrected chi connectivity index (χ1v) is 4.22. The van der Waals surface area contributed by atoms with Gasteiger partial charge in [0.05, 0.1) is 12.7 Å². The van der Waals surface area contributed by atoms with E-state index in [-0.39, 0.29) is 6.61 Å². The fraction of sp³-hybridized carbons (Fsp3) is 1.00. The minimum Gasteiger partial charge on any atom is -0.396 e. The fourth-order valence-corrected chi connectivity index (χ4v) is 2.11. The maximum absolute atomic E-state index is 8.99. The molecule has 2 rings (SSSR count). The number of fused-ring (bicyclic) bond motifs is 1. The highest BCUT2D eigenvalue weighted by atomic mass is 16.7. The predicted molar refractivity (Wildman–Crippen MR) is 39.0 cm³/mol. The highest BCUT2D eigenvalue weighted by Crippen LogP contribution is 2.35. The predicted octanol–water partition coefficient (Wildman–Crippen LogP) is 0.378. The molecule has 3 nitrogen and oxygen atoms in total. The van der Waals surface area contributed by atoms with Crippen molar-refractivity contribution < 1.29 is 14.6 Å². The van der Waals surface area contributed by atoms with Gasteiger partial charge in [-0.15, -0.1) is 0 Å². The van der Waals surface area contributed by atoms with Crippen molar-refractivity contribution in [2.75, 3.05) is 20.0 Å². The molecule has 0 amide bonds. The SMILES string of the molecule is OCC1CCC2OCOCC12. The Kier molecular flexibility index (Phi) is 2.11. The number of hydrogen-bond acceptors (Lipinski definition) is 3. The van der Waals surface area contributed by atoms with Gasteiger partial charge >= 0.3 is 0 Å². The Morgan fingerprint density at radius 1 is 1.36 bits per heavy atom. The molecular weight excluding hydrogens is 144 g/mol. The third-order valence-electron chi connectivity index (χ3n) is 2.82. The largest absolute Gasteiger partial charge is 0.396 e. The van der Waals surface area contributed by atoms with E-state index in [1.165, 1.54) is 0 Å². The zero-order valence-corrected chi connectivity index (χ0v) is 6.53. The van der Waals surface area contributed by atoms with Crippen molar-refractivity contribution in [3.05, 3.63) is 0 Å². The van der Waals surface area contributed by atoms with Gasteiger partial charge in [0.25, 0.3) is 0 Å². The van der Waals surface area contributed by atoms with Crippen molar-refractivity contribution in [3.63, 3.8) is 0 Å². The summed E-state index contributed by atoms with van der Waals surface area (Å²) in [6, 6.07) is 0. The maximum Gasteiger partial charge on any atom is 0.147 e. The molecule has 0 aromatic carbocycles. The van der Waals surface area contributed by atoms with Crippen LogP contribution in [-0.4, -0.2) is 31.2 Å². The van der Waals surface area contributed by atoms with Crippen molar-refractivity contribution in [2.45, 2.75) is 18.9 Å². The summed E-state index contributed by atoms with van der Waals surface area (Å²) in [6.45, 7) is 1.50. The highest BCUT2D eigenvalue weighted by Gasteiger charge is 2.38. The Balaban J connectivity index is 1.98. The van der Waals surface area contributed by atoms with Crippen LogP contribution in [0.1, 0.15) is 12.8 Å². The molecule has 64 valence electrons. The lowest BCUT2D eigenvalue weighted by Crippen LogP contribution is -2.34. The first-order chi connectivity index (χ1) is 5.42. The average Bonchev–Trinajstić information content (AvgIpc) is 2.47. The third kappa shape index (κ3) is 1.28. The summed E-state index contributed by atoms with van der Waals surface area (Å²) >= 11 is 0. The Bertz CT molecular complexity index is 131. The van der Waals surface area contributed by atoms with E-state index in [1.54, 1.807) is 0 Å². The van der Waals surface area contributed by atoms with Crippen molar-refractivity contribution >= 4 is 0 Å². The minimum atomic E-state index is 0.286. The first kappa shape index (κ1) is 7.53. The van der Waals surface area contributed by atoms with E-state index < -0.39 is 0 Å². The second-order valence-corrected chi connectivity index (χ2v) is 3.38. The lowest BCUT2D eigenvalue weighted by atomic mass is 9.96. The van der Waals surface area contributed by atoms with Gasteiger partial charge in [0.15, 0.2) is 0 Å². The molecule has 1 aliphatic heterocycles. The van der Waals surface area contributed by atoms with E-state index in [0.717, 1.165) is 19.4 Å². The monoisotopic (exact) mass is 158 g/mol. The van der Waals surface area contributed by atoms with Crippen molar-refractivity contribution in [3.8, 4) is 0 Å². The summed E-state index contributed by atoms with van der Waals surface area (Å²) in [4.78, 5) is 0. The van der Waals surface area contributed by atoms with E-state index in [9.17, 15) is 0 Å². The van der Waals surface area contributed by atoms with Gasteiger partial charge in [0.2, 0.25) is 0 Å². The molecule has 0 aromatic rings. The van der Waals surface area contributed by atoms with Gasteiger partial charge in [-0.1, -0.05) is 0 Å². The molecule has 3 atom stereocenters. The van der Waals surface area contributed by atoms with E-state index in [0.29, 0.717) is 24.7 Å². The van der Waals surface area contributed by atoms with Crippen LogP contribution >= 0.6 is 0 Å². The number of aliphatic hydroxyl groups excluding tert-OH is 1. The van der Waals surface area contributed by atoms with Crippen LogP contribution < -0.4 is 0 Å². The van der Waals surface area contributed by atoms with Gasteiger partial charge < -0.3 is 14.6 Å². The second kappa shape index (κ2) is 3.09. The highest BCUT2D eigenvalue weighted by molar-refractivity contribution is 4.86. The Morgan fingerprint density at radius 3 is 3.09 bits per heavy atom. The first-order valence-electron chi connectivity index (χ1n) is 4.22. The van der Waals surface area contributed by atoms with Crippen LogP contribution in [-0.2, 0) is 9.47 Å². The summed E-state index contributed by atoms with van der Waals surface area (Å²) in [6.07, 6.45) is 2.55. The van der Waals surface area contributed by atoms with Crippen molar-refractivity contribution in [2.24, 2.45) is 11.8 Å². The van der Waals surface area contributed by atoms with Crippen LogP contribution in [0, 0.1) is 11.8 Å². The summed E-state index contributed by atoms with van der Waals surface area (Å²) in [7, 11) is 0. The van der Waals surface area contributed by atoms with Crippen LogP contribution in [0.5, 0.6) is 0 Å². The Labute approximate surface area is 66.3 Å². The van der Waals surface area contributed by atoms with Crippen molar-refractivity contribution in [1.82, 2.24) is 0 Å². The van der Waals surface area contributed by atoms with Crippen molar-refractivity contribution in [1.29, 1.82) is 0 Å². The molecule has 1 N–H and O–H groups in total. The van der Waals surface area contributed by atoms with Gasteiger partial charge in [-0.05, 0) is 18.8 Å². The Hall–Kier alpha value is -0.120. The third-order valence-corrected chi connectivity index (χ3v) is 2.82. The van der Waals surface area contributed by atoms with E-state index in [1.807, 2.05) is 0 Å². The smallest absolute Gasteiger partial charge is 0.147 e. The van der Waals surface area contributed by atoms with Crippen LogP contribution in [0.3, 0.4) is 0 Å². The van der Waals surface area contributed by atoms with Gasteiger partial charge in [0, 0.05) is 12.5 Å². The lowest BCUT2D eigenvalue weighted by Gasteiger charge is -2.28. The summed E-state index contributed by atoms with van der Waals surface area (Å²) in [5.74, 6) is 0.869. The molecule has 1 saturated carbocycles. The molecule has 0 radical (unpaired) electrons. The normalized spacial score (nSPS) is 43.9. The molecule has 0 bridgehead atoms. The zero-order valence-electron chi connectivity index (χ0n) is 6.53. The maximum atomic E-state index is 8.99. The number of aliphatic hydroxyl groups is 1. The molecule has 1 aliphatic carbocycles. The number of ether oxygens (including phenoxy) is 2. The molecule has 0 spiro atoms. The molecule has 3 unspecified atom stereocenters. The lowest BCUT2D eigenvalue weighted by molar-refractivity contribution is -0.167. The molecule has 11 heavy (non-hydrogen) atoms. The molecule has 2 aliphatic rings. The van der Waals surface area contributed by atoms with Gasteiger partial charge in [-0.2, -0.15) is 0 Å². The van der Waals surface area contributed by atoms with Crippen LogP contribution in [0.4, 0.5) is 0 Å². The quantitative estimate of drug-likeness (QED) is 0.599.